The van der Waals surface area contributed by atoms with Gasteiger partial charge in [-0.25, -0.2) is 0 Å². The number of hydrogen-bond donors (Lipinski definition) is 1. The Morgan fingerprint density at radius 1 is 0.771 bits per heavy atom. The highest BCUT2D eigenvalue weighted by molar-refractivity contribution is 6.29. The Kier molecular flexibility index (Phi) is 9.09. The van der Waals surface area contributed by atoms with Crippen LogP contribution in [0.4, 0.5) is 5.69 Å². The fraction of sp³-hybridized carbons (Fsp3) is 0.364. The molecule has 0 spiro atoms. The maximum Gasteiger partial charge on any atom is 0.214 e. The van der Waals surface area contributed by atoms with Gasteiger partial charge in [0, 0.05) is 46.2 Å². The van der Waals surface area contributed by atoms with Gasteiger partial charge >= 0.3 is 0 Å². The molecule has 0 amide bonds. The van der Waals surface area contributed by atoms with Gasteiger partial charge in [-0.3, -0.25) is 4.79 Å². The number of carbonyl (C=O) groups is 1. The molecule has 0 fully saturated rings. The second-order valence-electron chi connectivity index (χ2n) is 14.0. The summed E-state index contributed by atoms with van der Waals surface area (Å²) in [4.78, 5) is 14.1. The number of nitrogens with zero attached hydrogens (tertiary/aromatic N) is 2. The van der Waals surface area contributed by atoms with Crippen LogP contribution in [0.5, 0.6) is 0 Å². The van der Waals surface area contributed by atoms with Crippen LogP contribution in [0.3, 0.4) is 0 Å². The zero-order valence-electron chi connectivity index (χ0n) is 29.1. The summed E-state index contributed by atoms with van der Waals surface area (Å²) in [6, 6.07) is 25.9. The first-order valence-electron chi connectivity index (χ1n) is 18.4. The quantitative estimate of drug-likeness (QED) is 0.0973. The lowest BCUT2D eigenvalue weighted by atomic mass is 9.86. The minimum atomic E-state index is -0.0882. The number of aromatic nitrogens is 1. The van der Waals surface area contributed by atoms with Gasteiger partial charge in [0.05, 0.1) is 22.1 Å². The summed E-state index contributed by atoms with van der Waals surface area (Å²) in [6.45, 7) is 10.9. The Labute approximate surface area is 284 Å². The van der Waals surface area contributed by atoms with E-state index in [2.05, 4.69) is 110 Å². The van der Waals surface area contributed by atoms with Crippen LogP contribution in [-0.4, -0.2) is 32.3 Å². The van der Waals surface area contributed by atoms with E-state index < -0.39 is 0 Å². The molecule has 4 nitrogen and oxygen atoms in total. The van der Waals surface area contributed by atoms with E-state index in [1.807, 2.05) is 12.2 Å². The zero-order valence-corrected chi connectivity index (χ0v) is 29.1. The number of aliphatic hydroxyl groups excluding tert-OH is 1. The number of benzene rings is 4. The van der Waals surface area contributed by atoms with Crippen molar-refractivity contribution >= 4 is 55.7 Å². The maximum atomic E-state index is 14.1. The largest absolute Gasteiger partial charge is 0.506 e. The Bertz CT molecular complexity index is 2170. The normalized spacial score (nSPS) is 17.1. The Hall–Kier alpha value is -4.44. The van der Waals surface area contributed by atoms with E-state index in [1.165, 1.54) is 71.3 Å². The number of ketones is 1. The molecule has 1 aliphatic carbocycles. The van der Waals surface area contributed by atoms with E-state index in [0.717, 1.165) is 47.9 Å². The van der Waals surface area contributed by atoms with Crippen molar-refractivity contribution in [1.82, 2.24) is 4.57 Å². The number of unbranched alkanes of at least 4 members (excludes halogenated alkanes) is 2. The molecule has 0 saturated carbocycles. The smallest absolute Gasteiger partial charge is 0.214 e. The van der Waals surface area contributed by atoms with Gasteiger partial charge in [-0.2, -0.15) is 4.58 Å². The van der Waals surface area contributed by atoms with Crippen molar-refractivity contribution in [2.24, 2.45) is 11.8 Å². The number of Topliss-reactive ketones (excluding diaryl/α,β-unsaturated/α-hetero) is 1. The molecule has 2 unspecified atom stereocenters. The third kappa shape index (κ3) is 5.49. The number of carbonyl (C=O) groups excluding carboxylic acids is 1. The molecule has 7 rings (SSSR count). The van der Waals surface area contributed by atoms with Crippen LogP contribution in [0.15, 0.2) is 95.8 Å². The topological polar surface area (TPSA) is 45.2 Å². The van der Waals surface area contributed by atoms with E-state index >= 15 is 0 Å². The third-order valence-corrected chi connectivity index (χ3v) is 11.0. The van der Waals surface area contributed by atoms with Crippen LogP contribution in [0.25, 0.3) is 38.5 Å². The summed E-state index contributed by atoms with van der Waals surface area (Å²) < 4.78 is 4.81. The highest BCUT2D eigenvalue weighted by atomic mass is 16.3. The number of aliphatic hydroxyl groups is 1. The predicted octanol–water partition coefficient (Wildman–Crippen LogP) is 10.3. The standard InChI is InChI=1S/C44H48N2O2/c1-5-9-15-29(7-3)27-45-37-23-13-19-31-17-11-21-33(41(31)37)39(45)25-35-43(47)36(44(35)48)26-40-34-22-12-18-32-20-14-24-38(42(32)34)46(40)28-30(8-4)16-10-6-2/h11-14,17-26,29-30H,5-10,15-16,27-28H2,1-4H3/p+1. The number of allylic oxidation sites excluding steroid dienone is 3. The molecular formula is C44H49N2O2+. The lowest BCUT2D eigenvalue weighted by Gasteiger charge is -2.20. The highest BCUT2D eigenvalue weighted by Crippen LogP contribution is 2.39. The van der Waals surface area contributed by atoms with Crippen molar-refractivity contribution in [3.05, 3.63) is 107 Å². The van der Waals surface area contributed by atoms with Crippen molar-refractivity contribution in [2.45, 2.75) is 85.6 Å². The van der Waals surface area contributed by atoms with Gasteiger partial charge in [0.25, 0.3) is 0 Å². The molecule has 4 heteroatoms. The van der Waals surface area contributed by atoms with E-state index in [4.69, 9.17) is 0 Å². The maximum absolute atomic E-state index is 14.1. The first-order chi connectivity index (χ1) is 23.5. The summed E-state index contributed by atoms with van der Waals surface area (Å²) in [5, 5.41) is 18.7. The van der Waals surface area contributed by atoms with Crippen molar-refractivity contribution in [3.8, 4) is 0 Å². The Morgan fingerprint density at radius 3 is 2.10 bits per heavy atom. The van der Waals surface area contributed by atoms with Crippen LogP contribution in [-0.2, 0) is 11.3 Å². The minimum absolute atomic E-state index is 0.0882. The second-order valence-corrected chi connectivity index (χ2v) is 14.0. The lowest BCUT2D eigenvalue weighted by molar-refractivity contribution is -0.445. The van der Waals surface area contributed by atoms with Crippen LogP contribution in [0.1, 0.15) is 84.6 Å². The fourth-order valence-electron chi connectivity index (χ4n) is 8.11. The van der Waals surface area contributed by atoms with Gasteiger partial charge in [0.15, 0.2) is 6.54 Å². The van der Waals surface area contributed by atoms with Gasteiger partial charge in [0.2, 0.25) is 17.2 Å². The SMILES string of the molecule is CCCCC(CC)Cn1/c(=C/C2=C(O)C(=C/C3=[N+](CC(CC)CCCC)c4cccc5cccc3c45)/C2=O)c2cccc3cccc1c32. The third-order valence-electron chi connectivity index (χ3n) is 11.0. The van der Waals surface area contributed by atoms with Crippen LogP contribution in [0.2, 0.25) is 0 Å². The molecule has 0 radical (unpaired) electrons. The van der Waals surface area contributed by atoms with Crippen molar-refractivity contribution in [2.75, 3.05) is 6.54 Å². The molecule has 2 aliphatic rings. The second kappa shape index (κ2) is 13.6. The van der Waals surface area contributed by atoms with Crippen molar-refractivity contribution in [3.63, 3.8) is 0 Å². The molecule has 1 aromatic heterocycles. The summed E-state index contributed by atoms with van der Waals surface area (Å²) in [7, 11) is 0. The molecule has 5 aromatic rings. The fourth-order valence-corrected chi connectivity index (χ4v) is 8.11. The molecule has 48 heavy (non-hydrogen) atoms. The van der Waals surface area contributed by atoms with Crippen LogP contribution in [0, 0.1) is 11.8 Å². The lowest BCUT2D eigenvalue weighted by Crippen LogP contribution is -2.28. The van der Waals surface area contributed by atoms with Gasteiger partial charge in [0.1, 0.15) is 5.76 Å². The van der Waals surface area contributed by atoms with Crippen molar-refractivity contribution in [1.29, 1.82) is 0 Å². The summed E-state index contributed by atoms with van der Waals surface area (Å²) in [6.07, 6.45) is 13.3. The van der Waals surface area contributed by atoms with E-state index in [0.29, 0.717) is 23.0 Å². The molecule has 4 aromatic carbocycles. The van der Waals surface area contributed by atoms with Gasteiger partial charge in [-0.05, 0) is 54.2 Å². The molecule has 1 aliphatic heterocycles. The van der Waals surface area contributed by atoms with E-state index in [1.54, 1.807) is 0 Å². The first-order valence-corrected chi connectivity index (χ1v) is 18.4. The molecule has 2 heterocycles. The highest BCUT2D eigenvalue weighted by Gasteiger charge is 2.38. The zero-order chi connectivity index (χ0) is 33.4. The van der Waals surface area contributed by atoms with Gasteiger partial charge in [-0.15, -0.1) is 0 Å². The van der Waals surface area contributed by atoms with Crippen LogP contribution < -0.4 is 5.35 Å². The number of hydrogen-bond acceptors (Lipinski definition) is 2. The molecule has 2 atom stereocenters. The van der Waals surface area contributed by atoms with Gasteiger partial charge in [-0.1, -0.05) is 114 Å². The predicted molar refractivity (Wildman–Crippen MR) is 201 cm³/mol. The van der Waals surface area contributed by atoms with Crippen molar-refractivity contribution < 1.29 is 14.5 Å². The monoisotopic (exact) mass is 637 g/mol. The van der Waals surface area contributed by atoms with Gasteiger partial charge < -0.3 is 9.67 Å². The molecule has 0 saturated heterocycles. The molecule has 246 valence electrons. The summed E-state index contributed by atoms with van der Waals surface area (Å²) >= 11 is 0. The molecule has 0 bridgehead atoms. The summed E-state index contributed by atoms with van der Waals surface area (Å²) in [5.74, 6) is 1.11. The first kappa shape index (κ1) is 32.1. The average Bonchev–Trinajstić information content (AvgIpc) is 3.59. The average molecular weight is 638 g/mol. The van der Waals surface area contributed by atoms with Crippen LogP contribution >= 0.6 is 0 Å². The summed E-state index contributed by atoms with van der Waals surface area (Å²) in [5.41, 5.74) is 5.35. The number of rotatable bonds is 14. The van der Waals surface area contributed by atoms with E-state index in [-0.39, 0.29) is 11.5 Å². The Balaban J connectivity index is 1.35. The molecular weight excluding hydrogens is 588 g/mol. The minimum Gasteiger partial charge on any atom is -0.506 e. The molecule has 1 N–H and O–H groups in total. The Morgan fingerprint density at radius 2 is 1.42 bits per heavy atom. The van der Waals surface area contributed by atoms with E-state index in [9.17, 15) is 9.90 Å².